The van der Waals surface area contributed by atoms with Crippen LogP contribution in [0.4, 0.5) is 20.2 Å². The molecule has 0 fully saturated rings. The van der Waals surface area contributed by atoms with Gasteiger partial charge in [0.05, 0.1) is 11.3 Å². The highest BCUT2D eigenvalue weighted by Crippen LogP contribution is 2.28. The third kappa shape index (κ3) is 2.52. The second-order valence-electron chi connectivity index (χ2n) is 4.75. The van der Waals surface area contributed by atoms with Crippen LogP contribution >= 0.6 is 0 Å². The van der Waals surface area contributed by atoms with E-state index >= 15 is 0 Å². The minimum atomic E-state index is -4.17. The number of para-hydroxylation sites is 1. The van der Waals surface area contributed by atoms with Gasteiger partial charge in [0.2, 0.25) is 5.91 Å². The smallest absolute Gasteiger partial charge is 0.262 e. The molecule has 5 nitrogen and oxygen atoms in total. The lowest BCUT2D eigenvalue weighted by Crippen LogP contribution is -2.15. The van der Waals surface area contributed by atoms with Crippen LogP contribution in [0.1, 0.15) is 5.56 Å². The predicted molar refractivity (Wildman–Crippen MR) is 75.9 cm³/mol. The van der Waals surface area contributed by atoms with E-state index in [9.17, 15) is 22.0 Å². The molecule has 0 unspecified atom stereocenters. The van der Waals surface area contributed by atoms with E-state index < -0.39 is 27.3 Å². The van der Waals surface area contributed by atoms with Crippen molar-refractivity contribution >= 4 is 27.3 Å². The molecule has 0 saturated heterocycles. The summed E-state index contributed by atoms with van der Waals surface area (Å²) in [6, 6.07) is 7.03. The fourth-order valence-electron chi connectivity index (χ4n) is 2.16. The highest BCUT2D eigenvalue weighted by Gasteiger charge is 2.23. The lowest BCUT2D eigenvalue weighted by atomic mass is 10.2. The first kappa shape index (κ1) is 14.5. The maximum absolute atomic E-state index is 13.5. The summed E-state index contributed by atoms with van der Waals surface area (Å²) in [7, 11) is -4.17. The molecule has 0 atom stereocenters. The molecule has 3 rings (SSSR count). The Kier molecular flexibility index (Phi) is 3.32. The highest BCUT2D eigenvalue weighted by atomic mass is 32.2. The van der Waals surface area contributed by atoms with Crippen LogP contribution in [0.2, 0.25) is 0 Å². The summed E-state index contributed by atoms with van der Waals surface area (Å²) in [5, 5.41) is 2.57. The number of halogens is 2. The largest absolute Gasteiger partial charge is 0.326 e. The molecule has 0 aromatic heterocycles. The quantitative estimate of drug-likeness (QED) is 0.909. The summed E-state index contributed by atoms with van der Waals surface area (Å²) in [6.45, 7) is 0. The van der Waals surface area contributed by atoms with Crippen molar-refractivity contribution in [3.8, 4) is 0 Å². The number of sulfonamides is 1. The number of rotatable bonds is 3. The van der Waals surface area contributed by atoms with Crippen molar-refractivity contribution in [1.82, 2.24) is 0 Å². The van der Waals surface area contributed by atoms with Crippen LogP contribution in [0.5, 0.6) is 0 Å². The third-order valence-corrected chi connectivity index (χ3v) is 4.56. The van der Waals surface area contributed by atoms with E-state index in [2.05, 4.69) is 5.32 Å². The third-order valence-electron chi connectivity index (χ3n) is 3.21. The number of anilines is 2. The molecular weight excluding hydrogens is 314 g/mol. The van der Waals surface area contributed by atoms with Gasteiger partial charge in [0.15, 0.2) is 0 Å². The first-order chi connectivity index (χ1) is 10.4. The van der Waals surface area contributed by atoms with Crippen molar-refractivity contribution in [2.75, 3.05) is 10.0 Å². The molecule has 2 aromatic carbocycles. The molecule has 0 spiro atoms. The summed E-state index contributed by atoms with van der Waals surface area (Å²) in [5.74, 6) is -2.26. The molecule has 1 aliphatic heterocycles. The SMILES string of the molecule is O=C1Cc2cc(S(=O)(=O)Nc3c(F)cccc3F)ccc2N1. The Labute approximate surface area is 125 Å². The van der Waals surface area contributed by atoms with Crippen molar-refractivity contribution in [1.29, 1.82) is 0 Å². The van der Waals surface area contributed by atoms with Gasteiger partial charge in [0.1, 0.15) is 17.3 Å². The maximum atomic E-state index is 13.5. The molecule has 114 valence electrons. The van der Waals surface area contributed by atoms with Crippen LogP contribution in [0, 0.1) is 11.6 Å². The lowest BCUT2D eigenvalue weighted by Gasteiger charge is -2.10. The molecule has 0 bridgehead atoms. The molecule has 1 aliphatic rings. The van der Waals surface area contributed by atoms with Crippen molar-refractivity contribution in [3.05, 3.63) is 53.6 Å². The number of carbonyl (C=O) groups is 1. The summed E-state index contributed by atoms with van der Waals surface area (Å²) in [4.78, 5) is 11.1. The second-order valence-corrected chi connectivity index (χ2v) is 6.43. The van der Waals surface area contributed by atoms with Crippen LogP contribution in [0.25, 0.3) is 0 Å². The zero-order valence-electron chi connectivity index (χ0n) is 11.1. The van der Waals surface area contributed by atoms with E-state index in [1.165, 1.54) is 18.2 Å². The zero-order chi connectivity index (χ0) is 15.9. The van der Waals surface area contributed by atoms with Gasteiger partial charge in [-0.25, -0.2) is 17.2 Å². The van der Waals surface area contributed by atoms with E-state index in [0.717, 1.165) is 18.2 Å². The fourth-order valence-corrected chi connectivity index (χ4v) is 3.29. The number of carbonyl (C=O) groups excluding carboxylic acids is 1. The van der Waals surface area contributed by atoms with Gasteiger partial charge in [-0.05, 0) is 35.9 Å². The van der Waals surface area contributed by atoms with Crippen LogP contribution < -0.4 is 10.0 Å². The number of hydrogen-bond donors (Lipinski definition) is 2. The van der Waals surface area contributed by atoms with E-state index in [1.54, 1.807) is 0 Å². The molecular formula is C14H10F2N2O3S. The van der Waals surface area contributed by atoms with E-state index in [4.69, 9.17) is 0 Å². The fraction of sp³-hybridized carbons (Fsp3) is 0.0714. The summed E-state index contributed by atoms with van der Waals surface area (Å²) >= 11 is 0. The summed E-state index contributed by atoms with van der Waals surface area (Å²) in [6.07, 6.45) is 0.0623. The summed E-state index contributed by atoms with van der Waals surface area (Å²) < 4.78 is 53.5. The molecule has 0 saturated carbocycles. The zero-order valence-corrected chi connectivity index (χ0v) is 11.9. The molecule has 8 heteroatoms. The average Bonchev–Trinajstić information content (AvgIpc) is 2.82. The Morgan fingerprint density at radius 1 is 1.09 bits per heavy atom. The van der Waals surface area contributed by atoms with Crippen molar-refractivity contribution in [3.63, 3.8) is 0 Å². The minimum Gasteiger partial charge on any atom is -0.326 e. The van der Waals surface area contributed by atoms with Gasteiger partial charge in [-0.3, -0.25) is 9.52 Å². The van der Waals surface area contributed by atoms with Crippen LogP contribution in [-0.2, 0) is 21.2 Å². The molecule has 2 aromatic rings. The Morgan fingerprint density at radius 3 is 2.45 bits per heavy atom. The standard InChI is InChI=1S/C14H10F2N2O3S/c15-10-2-1-3-11(16)14(10)18-22(20,21)9-4-5-12-8(6-9)7-13(19)17-12/h1-6,18H,7H2,(H,17,19). The average molecular weight is 324 g/mol. The minimum absolute atomic E-state index is 0.0623. The van der Waals surface area contributed by atoms with E-state index in [0.29, 0.717) is 11.3 Å². The van der Waals surface area contributed by atoms with Crippen LogP contribution in [-0.4, -0.2) is 14.3 Å². The van der Waals surface area contributed by atoms with Crippen molar-refractivity contribution < 1.29 is 22.0 Å². The van der Waals surface area contributed by atoms with Crippen LogP contribution in [0.3, 0.4) is 0 Å². The molecule has 1 amide bonds. The van der Waals surface area contributed by atoms with Gasteiger partial charge < -0.3 is 5.32 Å². The Morgan fingerprint density at radius 2 is 1.77 bits per heavy atom. The highest BCUT2D eigenvalue weighted by molar-refractivity contribution is 7.92. The Bertz CT molecular complexity index is 861. The van der Waals surface area contributed by atoms with E-state index in [-0.39, 0.29) is 17.2 Å². The number of amides is 1. The first-order valence-electron chi connectivity index (χ1n) is 6.26. The van der Waals surface area contributed by atoms with Gasteiger partial charge in [-0.2, -0.15) is 0 Å². The topological polar surface area (TPSA) is 75.3 Å². The van der Waals surface area contributed by atoms with Crippen LogP contribution in [0.15, 0.2) is 41.3 Å². The normalized spacial score (nSPS) is 13.6. The van der Waals surface area contributed by atoms with Crippen molar-refractivity contribution in [2.24, 2.45) is 0 Å². The van der Waals surface area contributed by atoms with E-state index in [1.807, 2.05) is 4.72 Å². The predicted octanol–water partition coefficient (Wildman–Crippen LogP) is 2.26. The maximum Gasteiger partial charge on any atom is 0.262 e. The molecule has 0 aliphatic carbocycles. The number of fused-ring (bicyclic) bond motifs is 1. The Balaban J connectivity index is 1.98. The Hall–Kier alpha value is -2.48. The summed E-state index contributed by atoms with van der Waals surface area (Å²) in [5.41, 5.74) is 0.306. The van der Waals surface area contributed by atoms with Gasteiger partial charge in [-0.1, -0.05) is 6.07 Å². The molecule has 2 N–H and O–H groups in total. The molecule has 0 radical (unpaired) electrons. The monoisotopic (exact) mass is 324 g/mol. The number of benzene rings is 2. The van der Waals surface area contributed by atoms with Gasteiger partial charge >= 0.3 is 0 Å². The number of nitrogens with one attached hydrogen (secondary N) is 2. The van der Waals surface area contributed by atoms with Gasteiger partial charge in [0, 0.05) is 5.69 Å². The van der Waals surface area contributed by atoms with Crippen molar-refractivity contribution in [2.45, 2.75) is 11.3 Å². The lowest BCUT2D eigenvalue weighted by molar-refractivity contribution is -0.115. The first-order valence-corrected chi connectivity index (χ1v) is 7.75. The molecule has 22 heavy (non-hydrogen) atoms. The molecule has 1 heterocycles. The van der Waals surface area contributed by atoms with Gasteiger partial charge in [0.25, 0.3) is 10.0 Å². The number of hydrogen-bond acceptors (Lipinski definition) is 3. The second kappa shape index (κ2) is 5.06. The van der Waals surface area contributed by atoms with Gasteiger partial charge in [-0.15, -0.1) is 0 Å².